The van der Waals surface area contributed by atoms with Crippen LogP contribution in [-0.4, -0.2) is 16.9 Å². The van der Waals surface area contributed by atoms with Gasteiger partial charge in [0, 0.05) is 0 Å². The van der Waals surface area contributed by atoms with Gasteiger partial charge in [0.25, 0.3) is 0 Å². The van der Waals surface area contributed by atoms with Crippen molar-refractivity contribution in [2.75, 3.05) is 4.90 Å². The first-order chi connectivity index (χ1) is 10.7. The monoisotopic (exact) mass is 297 g/mol. The van der Waals surface area contributed by atoms with E-state index in [2.05, 4.69) is 0 Å². The largest absolute Gasteiger partial charge is 0.392 e. The SMILES string of the molecule is O=C1[C@@H]2[C@@H]3CC[C@@H]([C@H]4C[C@H]43)[C@@H]2C(=O)N1c1cccc(CO)c1. The minimum absolute atomic E-state index is 0.00476. The minimum atomic E-state index is -0.0771. The molecule has 6 rings (SSSR count). The summed E-state index contributed by atoms with van der Waals surface area (Å²) in [6, 6.07) is 7.17. The molecular weight excluding hydrogens is 278 g/mol. The van der Waals surface area contributed by atoms with Crippen molar-refractivity contribution in [3.63, 3.8) is 0 Å². The third-order valence-corrected chi connectivity index (χ3v) is 6.50. The quantitative estimate of drug-likeness (QED) is 0.849. The number of amides is 2. The van der Waals surface area contributed by atoms with Crippen molar-refractivity contribution < 1.29 is 14.7 Å². The maximum atomic E-state index is 12.9. The molecule has 5 fully saturated rings. The standard InChI is InChI=1S/C18H19NO3/c20-8-9-2-1-3-10(6-9)19-17(21)15-11-4-5-12(14-7-13(11)14)16(15)18(19)22/h1-3,6,11-16,20H,4-5,7-8H2/t11-,12+,13+,14-,15-,16+. The number of carbonyl (C=O) groups is 2. The second kappa shape index (κ2) is 4.19. The Morgan fingerprint density at radius 3 is 2.23 bits per heavy atom. The van der Waals surface area contributed by atoms with Gasteiger partial charge in [-0.1, -0.05) is 12.1 Å². The van der Waals surface area contributed by atoms with Gasteiger partial charge in [0.05, 0.1) is 24.1 Å². The molecule has 4 heteroatoms. The second-order valence-corrected chi connectivity index (χ2v) is 7.36. The lowest BCUT2D eigenvalue weighted by Crippen LogP contribution is -2.43. The smallest absolute Gasteiger partial charge is 0.237 e. The summed E-state index contributed by atoms with van der Waals surface area (Å²) >= 11 is 0. The van der Waals surface area contributed by atoms with E-state index in [1.165, 1.54) is 11.3 Å². The fourth-order valence-corrected chi connectivity index (χ4v) is 5.59. The Morgan fingerprint density at radius 2 is 1.64 bits per heavy atom. The predicted octanol–water partition coefficient (Wildman–Crippen LogP) is 1.96. The van der Waals surface area contributed by atoms with Crippen LogP contribution in [0.2, 0.25) is 0 Å². The van der Waals surface area contributed by atoms with Crippen LogP contribution in [0.4, 0.5) is 5.69 Å². The number of aliphatic hydroxyl groups excluding tert-OH is 1. The summed E-state index contributed by atoms with van der Waals surface area (Å²) in [7, 11) is 0. The van der Waals surface area contributed by atoms with Crippen LogP contribution in [0.3, 0.4) is 0 Å². The van der Waals surface area contributed by atoms with E-state index in [0.717, 1.165) is 18.4 Å². The predicted molar refractivity (Wildman–Crippen MR) is 79.6 cm³/mol. The maximum Gasteiger partial charge on any atom is 0.237 e. The van der Waals surface area contributed by atoms with Gasteiger partial charge in [0.2, 0.25) is 11.8 Å². The fourth-order valence-electron chi connectivity index (χ4n) is 5.59. The van der Waals surface area contributed by atoms with Crippen LogP contribution in [0.5, 0.6) is 0 Å². The van der Waals surface area contributed by atoms with Crippen LogP contribution >= 0.6 is 0 Å². The van der Waals surface area contributed by atoms with Crippen LogP contribution in [-0.2, 0) is 16.2 Å². The maximum absolute atomic E-state index is 12.9. The third-order valence-electron chi connectivity index (χ3n) is 6.50. The fraction of sp³-hybridized carbons (Fsp3) is 0.556. The molecule has 2 amide bonds. The van der Waals surface area contributed by atoms with Crippen molar-refractivity contribution in [3.05, 3.63) is 29.8 Å². The number of aliphatic hydroxyl groups is 1. The lowest BCUT2D eigenvalue weighted by molar-refractivity contribution is -0.129. The number of carbonyl (C=O) groups excluding carboxylic acids is 2. The molecule has 1 saturated heterocycles. The summed E-state index contributed by atoms with van der Waals surface area (Å²) in [5.74, 6) is 2.14. The first kappa shape index (κ1) is 12.8. The highest BCUT2D eigenvalue weighted by molar-refractivity contribution is 6.22. The zero-order valence-electron chi connectivity index (χ0n) is 12.3. The van der Waals surface area contributed by atoms with Crippen molar-refractivity contribution in [2.24, 2.45) is 35.5 Å². The molecule has 114 valence electrons. The highest BCUT2D eigenvalue weighted by Crippen LogP contribution is 2.68. The summed E-state index contributed by atoms with van der Waals surface area (Å²) in [5.41, 5.74) is 1.36. The molecule has 2 bridgehead atoms. The van der Waals surface area contributed by atoms with Crippen molar-refractivity contribution in [3.8, 4) is 0 Å². The Balaban J connectivity index is 1.56. The van der Waals surface area contributed by atoms with E-state index >= 15 is 0 Å². The summed E-state index contributed by atoms with van der Waals surface area (Å²) in [5, 5.41) is 9.29. The van der Waals surface area contributed by atoms with Gasteiger partial charge in [-0.15, -0.1) is 0 Å². The van der Waals surface area contributed by atoms with Gasteiger partial charge >= 0.3 is 0 Å². The van der Waals surface area contributed by atoms with E-state index in [0.29, 0.717) is 29.4 Å². The number of rotatable bonds is 2. The minimum Gasteiger partial charge on any atom is -0.392 e. The van der Waals surface area contributed by atoms with E-state index in [4.69, 9.17) is 0 Å². The molecule has 0 spiro atoms. The van der Waals surface area contributed by atoms with Crippen molar-refractivity contribution in [1.82, 2.24) is 0 Å². The van der Waals surface area contributed by atoms with Gasteiger partial charge in [-0.05, 0) is 60.6 Å². The molecular formula is C18H19NO3. The molecule has 22 heavy (non-hydrogen) atoms. The topological polar surface area (TPSA) is 57.6 Å². The number of benzene rings is 1. The molecule has 4 saturated carbocycles. The lowest BCUT2D eigenvalue weighted by atomic mass is 9.59. The molecule has 1 aromatic rings. The highest BCUT2D eigenvalue weighted by Gasteiger charge is 2.68. The second-order valence-electron chi connectivity index (χ2n) is 7.36. The third kappa shape index (κ3) is 1.46. The number of nitrogens with zero attached hydrogens (tertiary/aromatic N) is 1. The van der Waals surface area contributed by atoms with Crippen LogP contribution in [0.15, 0.2) is 24.3 Å². The number of fused-ring (bicyclic) bond motifs is 1. The zero-order valence-corrected chi connectivity index (χ0v) is 12.3. The van der Waals surface area contributed by atoms with Crippen LogP contribution in [0.1, 0.15) is 24.8 Å². The number of imide groups is 1. The molecule has 6 atom stereocenters. The number of hydrogen-bond acceptors (Lipinski definition) is 3. The summed E-state index contributed by atoms with van der Waals surface area (Å²) in [6.07, 6.45) is 3.48. The Morgan fingerprint density at radius 1 is 1.00 bits per heavy atom. The van der Waals surface area contributed by atoms with Gasteiger partial charge < -0.3 is 5.11 Å². The Labute approximate surface area is 129 Å². The van der Waals surface area contributed by atoms with Crippen LogP contribution < -0.4 is 4.90 Å². The van der Waals surface area contributed by atoms with Crippen LogP contribution in [0, 0.1) is 35.5 Å². The summed E-state index contributed by atoms with van der Waals surface area (Å²) < 4.78 is 0. The van der Waals surface area contributed by atoms with Gasteiger partial charge in [0.15, 0.2) is 0 Å². The molecule has 1 aliphatic heterocycles. The summed E-state index contributed by atoms with van der Waals surface area (Å²) in [4.78, 5) is 27.3. The first-order valence-corrected chi connectivity index (χ1v) is 8.28. The first-order valence-electron chi connectivity index (χ1n) is 8.28. The van der Waals surface area contributed by atoms with E-state index < -0.39 is 0 Å². The Kier molecular flexibility index (Phi) is 2.44. The van der Waals surface area contributed by atoms with Crippen molar-refractivity contribution in [2.45, 2.75) is 25.9 Å². The molecule has 1 N–H and O–H groups in total. The van der Waals surface area contributed by atoms with E-state index in [-0.39, 0.29) is 30.3 Å². The molecule has 5 aliphatic rings. The van der Waals surface area contributed by atoms with E-state index in [9.17, 15) is 14.7 Å². The Bertz CT molecular complexity index is 651. The number of anilines is 1. The highest BCUT2D eigenvalue weighted by atomic mass is 16.3. The van der Waals surface area contributed by atoms with E-state index in [1.54, 1.807) is 24.3 Å². The van der Waals surface area contributed by atoms with Crippen LogP contribution in [0.25, 0.3) is 0 Å². The molecule has 1 aromatic carbocycles. The average Bonchev–Trinajstić information content (AvgIpc) is 3.32. The van der Waals surface area contributed by atoms with Gasteiger partial charge in [-0.25, -0.2) is 0 Å². The van der Waals surface area contributed by atoms with Gasteiger partial charge in [0.1, 0.15) is 0 Å². The van der Waals surface area contributed by atoms with Gasteiger partial charge in [-0.2, -0.15) is 0 Å². The van der Waals surface area contributed by atoms with E-state index in [1.807, 2.05) is 0 Å². The van der Waals surface area contributed by atoms with Crippen molar-refractivity contribution in [1.29, 1.82) is 0 Å². The molecule has 1 heterocycles. The molecule has 0 unspecified atom stereocenters. The van der Waals surface area contributed by atoms with Crippen molar-refractivity contribution >= 4 is 17.5 Å². The molecule has 0 radical (unpaired) electrons. The average molecular weight is 297 g/mol. The molecule has 4 nitrogen and oxygen atoms in total. The normalized spacial score (nSPS) is 41.6. The lowest BCUT2D eigenvalue weighted by Gasteiger charge is -2.42. The Hall–Kier alpha value is -1.68. The zero-order chi connectivity index (χ0) is 15.0. The molecule has 4 aliphatic carbocycles. The summed E-state index contributed by atoms with van der Waals surface area (Å²) in [6.45, 7) is -0.0771. The number of hydrogen-bond donors (Lipinski definition) is 1. The molecule has 0 aromatic heterocycles. The van der Waals surface area contributed by atoms with Gasteiger partial charge in [-0.3, -0.25) is 14.5 Å².